The van der Waals surface area contributed by atoms with Gasteiger partial charge < -0.3 is 13.9 Å². The number of rotatable bonds is 7. The van der Waals surface area contributed by atoms with Crippen LogP contribution in [0.3, 0.4) is 0 Å². The Morgan fingerprint density at radius 1 is 0.443 bits per heavy atom. The van der Waals surface area contributed by atoms with Crippen molar-refractivity contribution in [3.05, 3.63) is 206 Å². The molecule has 0 aliphatic heterocycles. The Labute approximate surface area is 355 Å². The minimum atomic E-state index is 0.569. The molecule has 0 radical (unpaired) electrons. The first kappa shape index (κ1) is 35.6. The lowest BCUT2D eigenvalue weighted by Gasteiger charge is -2.30. The molecule has 61 heavy (non-hydrogen) atoms. The van der Waals surface area contributed by atoms with E-state index < -0.39 is 0 Å². The van der Waals surface area contributed by atoms with Crippen molar-refractivity contribution in [2.45, 2.75) is 38.0 Å². The summed E-state index contributed by atoms with van der Waals surface area (Å²) in [6, 6.07) is 73.3. The molecule has 0 bridgehead atoms. The third kappa shape index (κ3) is 5.95. The molecule has 11 aromatic rings. The van der Waals surface area contributed by atoms with E-state index >= 15 is 0 Å². The summed E-state index contributed by atoms with van der Waals surface area (Å²) < 4.78 is 8.99. The third-order valence-electron chi connectivity index (χ3n) is 13.2. The van der Waals surface area contributed by atoms with Gasteiger partial charge in [0, 0.05) is 50.1 Å². The van der Waals surface area contributed by atoms with Gasteiger partial charge in [-0.25, -0.2) is 0 Å². The molecule has 2 heterocycles. The Morgan fingerprint density at radius 3 is 1.93 bits per heavy atom. The topological polar surface area (TPSA) is 21.3 Å². The fourth-order valence-corrected chi connectivity index (χ4v) is 10.4. The molecule has 0 saturated heterocycles. The molecule has 0 spiro atoms. The predicted molar refractivity (Wildman–Crippen MR) is 257 cm³/mol. The second-order valence-corrected chi connectivity index (χ2v) is 16.7. The van der Waals surface area contributed by atoms with Gasteiger partial charge >= 0.3 is 0 Å². The molecule has 0 amide bonds. The van der Waals surface area contributed by atoms with Crippen LogP contribution in [0.15, 0.2) is 205 Å². The molecule has 9 aromatic carbocycles. The zero-order valence-corrected chi connectivity index (χ0v) is 34.0. The summed E-state index contributed by atoms with van der Waals surface area (Å²) in [7, 11) is 0. The Morgan fingerprint density at radius 2 is 1.08 bits per heavy atom. The molecule has 2 aromatic heterocycles. The van der Waals surface area contributed by atoms with Crippen molar-refractivity contribution < 1.29 is 4.42 Å². The van der Waals surface area contributed by atoms with Crippen LogP contribution in [0.2, 0.25) is 0 Å². The number of anilines is 3. The number of benzene rings is 9. The minimum absolute atomic E-state index is 0.569. The van der Waals surface area contributed by atoms with Crippen molar-refractivity contribution in [2.75, 3.05) is 4.90 Å². The van der Waals surface area contributed by atoms with Crippen LogP contribution in [0.1, 0.15) is 43.6 Å². The van der Waals surface area contributed by atoms with Gasteiger partial charge in [-0.3, -0.25) is 0 Å². The first-order chi connectivity index (χ1) is 30.3. The van der Waals surface area contributed by atoms with Crippen LogP contribution >= 0.6 is 0 Å². The van der Waals surface area contributed by atoms with Crippen LogP contribution < -0.4 is 4.90 Å². The second-order valence-electron chi connectivity index (χ2n) is 16.7. The molecule has 0 N–H and O–H groups in total. The van der Waals surface area contributed by atoms with E-state index in [2.05, 4.69) is 204 Å². The fourth-order valence-electron chi connectivity index (χ4n) is 10.4. The highest BCUT2D eigenvalue weighted by Gasteiger charge is 2.25. The highest BCUT2D eigenvalue weighted by atomic mass is 16.3. The van der Waals surface area contributed by atoms with Gasteiger partial charge in [0.05, 0.1) is 22.4 Å². The van der Waals surface area contributed by atoms with Gasteiger partial charge in [-0.05, 0) is 101 Å². The van der Waals surface area contributed by atoms with Gasteiger partial charge in [0.15, 0.2) is 0 Å². The van der Waals surface area contributed by atoms with Gasteiger partial charge in [0.1, 0.15) is 11.2 Å². The minimum Gasteiger partial charge on any atom is -0.456 e. The van der Waals surface area contributed by atoms with Crippen molar-refractivity contribution in [1.29, 1.82) is 0 Å². The highest BCUT2D eigenvalue weighted by Crippen LogP contribution is 2.49. The maximum absolute atomic E-state index is 6.59. The van der Waals surface area contributed by atoms with Crippen LogP contribution in [0.5, 0.6) is 0 Å². The van der Waals surface area contributed by atoms with E-state index in [0.29, 0.717) is 5.92 Å². The zero-order valence-electron chi connectivity index (χ0n) is 34.0. The first-order valence-electron chi connectivity index (χ1n) is 21.8. The molecule has 1 saturated carbocycles. The summed E-state index contributed by atoms with van der Waals surface area (Å²) in [5, 5.41) is 7.41. The second kappa shape index (κ2) is 14.7. The van der Waals surface area contributed by atoms with Crippen molar-refractivity contribution >= 4 is 71.6 Å². The average Bonchev–Trinajstić information content (AvgIpc) is 3.87. The van der Waals surface area contributed by atoms with Gasteiger partial charge in [0.25, 0.3) is 0 Å². The van der Waals surface area contributed by atoms with E-state index in [9.17, 15) is 0 Å². The molecule has 0 unspecified atom stereocenters. The smallest absolute Gasteiger partial charge is 0.137 e. The number of aromatic nitrogens is 1. The van der Waals surface area contributed by atoms with Crippen molar-refractivity contribution in [3.63, 3.8) is 0 Å². The molecule has 1 fully saturated rings. The Bertz CT molecular complexity index is 3420. The maximum Gasteiger partial charge on any atom is 0.137 e. The van der Waals surface area contributed by atoms with E-state index in [1.807, 2.05) is 6.07 Å². The van der Waals surface area contributed by atoms with Crippen LogP contribution in [-0.2, 0) is 0 Å². The normalized spacial score (nSPS) is 13.5. The summed E-state index contributed by atoms with van der Waals surface area (Å²) in [5.41, 5.74) is 14.8. The van der Waals surface area contributed by atoms with Crippen LogP contribution in [0, 0.1) is 0 Å². The number of nitrogens with zero attached hydrogens (tertiary/aromatic N) is 2. The van der Waals surface area contributed by atoms with Gasteiger partial charge in [-0.1, -0.05) is 159 Å². The quantitative estimate of drug-likeness (QED) is 0.161. The molecule has 0 atom stereocenters. The molecule has 3 heteroatoms. The van der Waals surface area contributed by atoms with Crippen molar-refractivity contribution in [2.24, 2.45) is 0 Å². The van der Waals surface area contributed by atoms with Crippen LogP contribution in [-0.4, -0.2) is 4.57 Å². The van der Waals surface area contributed by atoms with Crippen molar-refractivity contribution in [1.82, 2.24) is 4.57 Å². The predicted octanol–water partition coefficient (Wildman–Crippen LogP) is 16.7. The van der Waals surface area contributed by atoms with Crippen LogP contribution in [0.4, 0.5) is 17.1 Å². The molecular weight excluding hydrogens is 741 g/mol. The summed E-state index contributed by atoms with van der Waals surface area (Å²) in [5.74, 6) is 0.569. The third-order valence-corrected chi connectivity index (χ3v) is 13.2. The monoisotopic (exact) mass is 784 g/mol. The number of para-hydroxylation sites is 5. The fraction of sp³-hybridized carbons (Fsp3) is 0.103. The molecule has 1 aliphatic rings. The molecule has 3 nitrogen and oxygen atoms in total. The molecule has 1 aliphatic carbocycles. The summed E-state index contributed by atoms with van der Waals surface area (Å²) in [6.07, 6.45) is 6.43. The number of furan rings is 1. The lowest BCUT2D eigenvalue weighted by Crippen LogP contribution is -2.12. The van der Waals surface area contributed by atoms with Crippen molar-refractivity contribution in [3.8, 4) is 27.9 Å². The standard InChI is InChI=1S/C58H44N2O/c1-3-17-39(18-4-1)45-27-15-19-40-20-16-28-51(58(40)45)47-25-9-13-31-54(47)60(43-34-36-50-49-26-10-14-32-56(49)61-57(50)38-43)52-29-11-7-23-44(52)41-33-35-48-46-24-8-12-30-53(46)59(55(48)37-41)42-21-5-2-6-22-42/h2,5-16,19-39H,1,3-4,17-18H2. The Balaban J connectivity index is 1.11. The van der Waals surface area contributed by atoms with Crippen LogP contribution in [0.25, 0.3) is 82.5 Å². The van der Waals surface area contributed by atoms with Gasteiger partial charge in [0.2, 0.25) is 0 Å². The Kier molecular flexibility index (Phi) is 8.59. The number of hydrogen-bond donors (Lipinski definition) is 0. The summed E-state index contributed by atoms with van der Waals surface area (Å²) in [6.45, 7) is 0. The number of hydrogen-bond acceptors (Lipinski definition) is 2. The van der Waals surface area contributed by atoms with E-state index in [0.717, 1.165) is 55.8 Å². The SMILES string of the molecule is c1ccc(-n2c3ccccc3c3ccc(-c4ccccc4N(c4ccc5c(c4)oc4ccccc45)c4ccccc4-c4cccc5cccc(C6CCCCC6)c45)cc32)cc1. The average molecular weight is 785 g/mol. The number of fused-ring (bicyclic) bond motifs is 7. The van der Waals surface area contributed by atoms with E-state index in [-0.39, 0.29) is 0 Å². The Hall–Kier alpha value is -7.36. The molecule has 292 valence electrons. The molecular formula is C58H44N2O. The highest BCUT2D eigenvalue weighted by molar-refractivity contribution is 6.11. The van der Waals surface area contributed by atoms with E-state index in [1.165, 1.54) is 81.4 Å². The lowest BCUT2D eigenvalue weighted by molar-refractivity contribution is 0.445. The summed E-state index contributed by atoms with van der Waals surface area (Å²) in [4.78, 5) is 2.47. The zero-order chi connectivity index (χ0) is 40.3. The molecule has 12 rings (SSSR count). The maximum atomic E-state index is 6.59. The lowest BCUT2D eigenvalue weighted by atomic mass is 9.80. The first-order valence-corrected chi connectivity index (χ1v) is 21.8. The largest absolute Gasteiger partial charge is 0.456 e. The van der Waals surface area contributed by atoms with Gasteiger partial charge in [-0.2, -0.15) is 0 Å². The van der Waals surface area contributed by atoms with Gasteiger partial charge in [-0.15, -0.1) is 0 Å². The van der Waals surface area contributed by atoms with E-state index in [1.54, 1.807) is 0 Å². The van der Waals surface area contributed by atoms with E-state index in [4.69, 9.17) is 4.42 Å². The summed E-state index contributed by atoms with van der Waals surface area (Å²) >= 11 is 0.